The summed E-state index contributed by atoms with van der Waals surface area (Å²) in [5, 5.41) is 1.96. The Bertz CT molecular complexity index is 367. The minimum Gasteiger partial charge on any atom is -0.373 e. The fraction of sp³-hybridized carbons (Fsp3) is 0.643. The van der Waals surface area contributed by atoms with E-state index in [4.69, 9.17) is 4.74 Å². The molecule has 0 saturated carbocycles. The van der Waals surface area contributed by atoms with Crippen molar-refractivity contribution in [2.24, 2.45) is 0 Å². The summed E-state index contributed by atoms with van der Waals surface area (Å²) in [5.41, 5.74) is 0. The second-order valence-electron chi connectivity index (χ2n) is 5.02. The molecule has 0 N–H and O–H groups in total. The normalized spacial score (nSPS) is 25.2. The molecule has 2 unspecified atom stereocenters. The highest BCUT2D eigenvalue weighted by atomic mass is 32.1. The molecule has 2 atom stereocenters. The minimum atomic E-state index is 0.277. The molecule has 2 rings (SSSR count). The van der Waals surface area contributed by atoms with Crippen LogP contribution in [0.25, 0.3) is 0 Å². The molecule has 18 heavy (non-hydrogen) atoms. The molecule has 100 valence electrons. The number of ketones is 1. The van der Waals surface area contributed by atoms with Crippen molar-refractivity contribution in [2.75, 3.05) is 19.6 Å². The van der Waals surface area contributed by atoms with Crippen molar-refractivity contribution in [1.29, 1.82) is 0 Å². The van der Waals surface area contributed by atoms with Crippen LogP contribution in [0.4, 0.5) is 0 Å². The summed E-state index contributed by atoms with van der Waals surface area (Å²) >= 11 is 1.53. The van der Waals surface area contributed by atoms with Gasteiger partial charge in [-0.1, -0.05) is 6.07 Å². The molecule has 0 spiro atoms. The Morgan fingerprint density at radius 2 is 2.17 bits per heavy atom. The SMILES string of the molecule is CC1CN(CCCC(=O)c2cccs2)CC(C)O1. The summed E-state index contributed by atoms with van der Waals surface area (Å²) in [5.74, 6) is 0.277. The number of Topliss-reactive ketones (excluding diaryl/α,β-unsaturated/α-hetero) is 1. The van der Waals surface area contributed by atoms with Gasteiger partial charge in [0.05, 0.1) is 17.1 Å². The minimum absolute atomic E-state index is 0.277. The van der Waals surface area contributed by atoms with Crippen LogP contribution in [0.1, 0.15) is 36.4 Å². The quantitative estimate of drug-likeness (QED) is 0.768. The fourth-order valence-electron chi connectivity index (χ4n) is 2.49. The van der Waals surface area contributed by atoms with Gasteiger partial charge >= 0.3 is 0 Å². The van der Waals surface area contributed by atoms with Gasteiger partial charge in [0.2, 0.25) is 0 Å². The van der Waals surface area contributed by atoms with Gasteiger partial charge in [-0.25, -0.2) is 0 Å². The van der Waals surface area contributed by atoms with Gasteiger partial charge in [-0.2, -0.15) is 0 Å². The maximum atomic E-state index is 11.8. The Kier molecular flexibility index (Phi) is 4.92. The van der Waals surface area contributed by atoms with Gasteiger partial charge in [-0.3, -0.25) is 9.69 Å². The first kappa shape index (κ1) is 13.7. The van der Waals surface area contributed by atoms with E-state index in [9.17, 15) is 4.79 Å². The summed E-state index contributed by atoms with van der Waals surface area (Å²) in [6.07, 6.45) is 2.21. The molecular formula is C14H21NO2S. The molecule has 1 aromatic heterocycles. The second kappa shape index (κ2) is 6.45. The molecule has 4 heteroatoms. The highest BCUT2D eigenvalue weighted by Gasteiger charge is 2.21. The Hall–Kier alpha value is -0.710. The van der Waals surface area contributed by atoms with Crippen molar-refractivity contribution in [3.63, 3.8) is 0 Å². The van der Waals surface area contributed by atoms with Crippen molar-refractivity contribution in [2.45, 2.75) is 38.9 Å². The molecule has 0 radical (unpaired) electrons. The zero-order valence-electron chi connectivity index (χ0n) is 11.1. The molecular weight excluding hydrogens is 246 g/mol. The monoisotopic (exact) mass is 267 g/mol. The van der Waals surface area contributed by atoms with Gasteiger partial charge in [0.15, 0.2) is 5.78 Å². The molecule has 1 aromatic rings. The molecule has 0 bridgehead atoms. The smallest absolute Gasteiger partial charge is 0.172 e. The van der Waals surface area contributed by atoms with Gasteiger partial charge in [-0.15, -0.1) is 11.3 Å². The van der Waals surface area contributed by atoms with Gasteiger partial charge in [0.25, 0.3) is 0 Å². The van der Waals surface area contributed by atoms with Crippen LogP contribution >= 0.6 is 11.3 Å². The Morgan fingerprint density at radius 3 is 2.78 bits per heavy atom. The van der Waals surface area contributed by atoms with E-state index in [2.05, 4.69) is 18.7 Å². The van der Waals surface area contributed by atoms with Crippen LogP contribution in [0, 0.1) is 0 Å². The first-order valence-corrected chi connectivity index (χ1v) is 7.47. The molecule has 0 aliphatic carbocycles. The van der Waals surface area contributed by atoms with Crippen molar-refractivity contribution < 1.29 is 9.53 Å². The number of hydrogen-bond acceptors (Lipinski definition) is 4. The molecule has 2 heterocycles. The number of nitrogens with zero attached hydrogens (tertiary/aromatic N) is 1. The van der Waals surface area contributed by atoms with Crippen molar-refractivity contribution in [3.8, 4) is 0 Å². The Balaban J connectivity index is 1.70. The number of ether oxygens (including phenoxy) is 1. The summed E-state index contributed by atoms with van der Waals surface area (Å²) < 4.78 is 5.70. The zero-order valence-corrected chi connectivity index (χ0v) is 11.9. The van der Waals surface area contributed by atoms with E-state index < -0.39 is 0 Å². The average molecular weight is 267 g/mol. The van der Waals surface area contributed by atoms with Gasteiger partial charge in [0, 0.05) is 19.5 Å². The first-order chi connectivity index (χ1) is 8.65. The lowest BCUT2D eigenvalue weighted by atomic mass is 10.1. The van der Waals surface area contributed by atoms with Crippen molar-refractivity contribution in [1.82, 2.24) is 4.90 Å². The number of rotatable bonds is 5. The molecule has 0 amide bonds. The number of thiophene rings is 1. The largest absolute Gasteiger partial charge is 0.373 e. The fourth-order valence-corrected chi connectivity index (χ4v) is 3.18. The number of morpholine rings is 1. The molecule has 1 aliphatic heterocycles. The highest BCUT2D eigenvalue weighted by Crippen LogP contribution is 2.14. The molecule has 1 fully saturated rings. The molecule has 1 saturated heterocycles. The van der Waals surface area contributed by atoms with Crippen LogP contribution in [-0.2, 0) is 4.74 Å². The van der Waals surface area contributed by atoms with E-state index in [-0.39, 0.29) is 5.78 Å². The topological polar surface area (TPSA) is 29.5 Å². The summed E-state index contributed by atoms with van der Waals surface area (Å²) in [7, 11) is 0. The third-order valence-electron chi connectivity index (χ3n) is 3.17. The summed E-state index contributed by atoms with van der Waals surface area (Å²) in [6, 6.07) is 3.84. The average Bonchev–Trinajstić information content (AvgIpc) is 2.80. The standard InChI is InChI=1S/C14H21NO2S/c1-11-9-15(10-12(2)17-11)7-3-5-13(16)14-6-4-8-18-14/h4,6,8,11-12H,3,5,7,9-10H2,1-2H3. The molecule has 0 aromatic carbocycles. The predicted octanol–water partition coefficient (Wildman–Crippen LogP) is 2.82. The highest BCUT2D eigenvalue weighted by molar-refractivity contribution is 7.12. The zero-order chi connectivity index (χ0) is 13.0. The van der Waals surface area contributed by atoms with Gasteiger partial charge in [0.1, 0.15) is 0 Å². The van der Waals surface area contributed by atoms with Crippen molar-refractivity contribution in [3.05, 3.63) is 22.4 Å². The van der Waals surface area contributed by atoms with Gasteiger partial charge in [-0.05, 0) is 38.3 Å². The van der Waals surface area contributed by atoms with Crippen LogP contribution in [-0.4, -0.2) is 42.5 Å². The molecule has 3 nitrogen and oxygen atoms in total. The Morgan fingerprint density at radius 1 is 1.44 bits per heavy atom. The Labute approximate surface area is 113 Å². The van der Waals surface area contributed by atoms with Crippen LogP contribution in [0.3, 0.4) is 0 Å². The lowest BCUT2D eigenvalue weighted by Crippen LogP contribution is -2.45. The van der Waals surface area contributed by atoms with Crippen LogP contribution in [0.5, 0.6) is 0 Å². The molecule has 1 aliphatic rings. The number of carbonyl (C=O) groups is 1. The van der Waals surface area contributed by atoms with Crippen LogP contribution in [0.2, 0.25) is 0 Å². The van der Waals surface area contributed by atoms with Crippen LogP contribution in [0.15, 0.2) is 17.5 Å². The maximum absolute atomic E-state index is 11.8. The summed E-state index contributed by atoms with van der Waals surface area (Å²) in [6.45, 7) is 7.18. The number of carbonyl (C=O) groups excluding carboxylic acids is 1. The first-order valence-electron chi connectivity index (χ1n) is 6.59. The predicted molar refractivity (Wildman–Crippen MR) is 74.3 cm³/mol. The van der Waals surface area contributed by atoms with E-state index in [0.29, 0.717) is 18.6 Å². The van der Waals surface area contributed by atoms with E-state index in [1.54, 1.807) is 0 Å². The van der Waals surface area contributed by atoms with E-state index in [1.807, 2.05) is 17.5 Å². The third kappa shape index (κ3) is 3.90. The third-order valence-corrected chi connectivity index (χ3v) is 4.08. The van der Waals surface area contributed by atoms with E-state index in [0.717, 1.165) is 30.9 Å². The second-order valence-corrected chi connectivity index (χ2v) is 5.97. The lowest BCUT2D eigenvalue weighted by molar-refractivity contribution is -0.0680. The van der Waals surface area contributed by atoms with Crippen molar-refractivity contribution >= 4 is 17.1 Å². The number of hydrogen-bond donors (Lipinski definition) is 0. The summed E-state index contributed by atoms with van der Waals surface area (Å²) in [4.78, 5) is 15.1. The maximum Gasteiger partial charge on any atom is 0.172 e. The van der Waals surface area contributed by atoms with Crippen LogP contribution < -0.4 is 0 Å². The van der Waals surface area contributed by atoms with Gasteiger partial charge < -0.3 is 4.74 Å². The van der Waals surface area contributed by atoms with E-state index >= 15 is 0 Å². The van der Waals surface area contributed by atoms with E-state index in [1.165, 1.54) is 11.3 Å². The lowest BCUT2D eigenvalue weighted by Gasteiger charge is -2.35.